The predicted octanol–water partition coefficient (Wildman–Crippen LogP) is 16.4. The van der Waals surface area contributed by atoms with E-state index < -0.39 is 7.81 Å². The molecule has 0 bridgehead atoms. The summed E-state index contributed by atoms with van der Waals surface area (Å²) in [5, 5.41) is 0. The zero-order valence-electron chi connectivity index (χ0n) is 36.9. The molecule has 1 aromatic carbocycles. The van der Waals surface area contributed by atoms with Crippen molar-refractivity contribution in [1.29, 1.82) is 0 Å². The Hall–Kier alpha value is -0.930. The number of ether oxygens (including phenoxy) is 3. The van der Waals surface area contributed by atoms with Crippen LogP contribution in [0.3, 0.4) is 0 Å². The Morgan fingerprint density at radius 2 is 0.643 bits per heavy atom. The van der Waals surface area contributed by atoms with Gasteiger partial charge in [0, 0.05) is 51.8 Å². The summed E-state index contributed by atoms with van der Waals surface area (Å²) in [5.41, 5.74) is 6.44. The van der Waals surface area contributed by atoms with E-state index in [9.17, 15) is 25.2 Å². The van der Waals surface area contributed by atoms with Gasteiger partial charge in [-0.2, -0.15) is 0 Å². The first kappa shape index (κ1) is 55.1. The van der Waals surface area contributed by atoms with Crippen LogP contribution in [0.5, 0.6) is 0 Å². The van der Waals surface area contributed by atoms with E-state index >= 15 is 0 Å². The molecule has 11 heteroatoms. The van der Waals surface area contributed by atoms with Crippen molar-refractivity contribution in [3.8, 4) is 0 Å². The summed E-state index contributed by atoms with van der Waals surface area (Å²) in [5.74, 6) is 0. The number of hydrogen-bond acceptors (Lipinski definition) is 3. The summed E-state index contributed by atoms with van der Waals surface area (Å²) in [6.45, 7) is 12.5. The van der Waals surface area contributed by atoms with Crippen molar-refractivity contribution in [3.05, 3.63) is 28.8 Å². The number of benzene rings is 1. The Balaban J connectivity index is 0.00000392. The molecule has 4 nitrogen and oxygen atoms in total. The number of nitrogens with zero attached hydrogens (tertiary/aromatic N) is 1. The quantitative estimate of drug-likeness (QED) is 0.0289. The van der Waals surface area contributed by atoms with Gasteiger partial charge in [0.1, 0.15) is 5.69 Å². The molecule has 0 aliphatic carbocycles. The molecule has 336 valence electrons. The van der Waals surface area contributed by atoms with Gasteiger partial charge in [0.15, 0.2) is 0 Å². The fraction of sp³-hybridized carbons (Fsp3) is 0.867. The molecule has 0 spiro atoms. The average molecular weight is 834 g/mol. The van der Waals surface area contributed by atoms with Crippen molar-refractivity contribution in [1.82, 2.24) is 4.48 Å². The Morgan fingerprint density at radius 1 is 0.393 bits per heavy atom. The van der Waals surface area contributed by atoms with Crippen LogP contribution in [0.25, 0.3) is 0 Å². The second-order valence-corrected chi connectivity index (χ2v) is 18.6. The average Bonchev–Trinajstić information content (AvgIpc) is 3.10. The van der Waals surface area contributed by atoms with Crippen LogP contribution in [-0.2, 0) is 33.5 Å². The monoisotopic (exact) mass is 834 g/mol. The maximum absolute atomic E-state index is 10.7. The van der Waals surface area contributed by atoms with Crippen molar-refractivity contribution in [3.63, 3.8) is 0 Å². The van der Waals surface area contributed by atoms with Crippen LogP contribution in [0.1, 0.15) is 192 Å². The Labute approximate surface area is 340 Å². The molecular weight excluding hydrogens is 747 g/mol. The molecular formula is C45H86F6NO3P. The van der Waals surface area contributed by atoms with Gasteiger partial charge in [-0.25, -0.2) is 0 Å². The number of hydrogen-bond donors (Lipinski definition) is 0. The van der Waals surface area contributed by atoms with Gasteiger partial charge in [0.25, 0.3) is 0 Å². The third-order valence-electron chi connectivity index (χ3n) is 10.1. The summed E-state index contributed by atoms with van der Waals surface area (Å²) >= 11 is 0. The second-order valence-electron chi connectivity index (χ2n) is 16.7. The summed E-state index contributed by atoms with van der Waals surface area (Å²) in [6.07, 6.45) is 34.5. The number of quaternary nitrogens is 1. The fourth-order valence-corrected chi connectivity index (χ4v) is 6.74. The standard InChI is InChI=1S/C45H86NO3.F6P/c1-7-10-13-25-34-47-37-28-19-16-22-31-42-40-44(46(4,5)6)41-43(32-23-17-20-29-38-48-35-26-14-11-8-2)45(42)33-24-18-21-30-39-49-36-27-15-12-9-3;1-7(2,3,4,5)6/h40-41H,7-39H2,1-6H3;/q+1;-1. The van der Waals surface area contributed by atoms with Crippen LogP contribution < -0.4 is 4.48 Å². The first-order valence-corrected chi connectivity index (χ1v) is 24.7. The minimum atomic E-state index is -10.7. The molecule has 0 aliphatic rings. The first-order chi connectivity index (χ1) is 26.4. The van der Waals surface area contributed by atoms with Gasteiger partial charge < -0.3 is 14.2 Å². The molecule has 0 fully saturated rings. The maximum atomic E-state index is 9.87. The van der Waals surface area contributed by atoms with Gasteiger partial charge in [-0.15, -0.1) is 0 Å². The van der Waals surface area contributed by atoms with E-state index in [1.807, 2.05) is 0 Å². The van der Waals surface area contributed by atoms with Crippen LogP contribution in [0.15, 0.2) is 12.1 Å². The predicted molar refractivity (Wildman–Crippen MR) is 231 cm³/mol. The van der Waals surface area contributed by atoms with Crippen molar-refractivity contribution in [2.75, 3.05) is 60.8 Å². The van der Waals surface area contributed by atoms with E-state index in [2.05, 4.69) is 54.0 Å². The van der Waals surface area contributed by atoms with Gasteiger partial charge in [0.05, 0.1) is 21.1 Å². The Morgan fingerprint density at radius 3 is 0.911 bits per heavy atom. The van der Waals surface area contributed by atoms with E-state index in [-0.39, 0.29) is 0 Å². The molecule has 0 saturated carbocycles. The normalized spacial score (nSPS) is 13.4. The molecule has 0 heterocycles. The third kappa shape index (κ3) is 39.9. The van der Waals surface area contributed by atoms with Gasteiger partial charge in [-0.05, 0) is 93.7 Å². The first-order valence-electron chi connectivity index (χ1n) is 22.6. The van der Waals surface area contributed by atoms with E-state index in [1.165, 1.54) is 179 Å². The van der Waals surface area contributed by atoms with Crippen LogP contribution in [-0.4, -0.2) is 60.8 Å². The zero-order chi connectivity index (χ0) is 42.1. The van der Waals surface area contributed by atoms with Crippen LogP contribution in [0.2, 0.25) is 0 Å². The molecule has 0 radical (unpaired) electrons. The van der Waals surface area contributed by atoms with Crippen molar-refractivity contribution >= 4 is 13.5 Å². The summed E-state index contributed by atoms with van der Waals surface area (Å²) < 4.78 is 77.8. The molecule has 56 heavy (non-hydrogen) atoms. The molecule has 0 saturated heterocycles. The van der Waals surface area contributed by atoms with E-state index in [1.54, 1.807) is 16.7 Å². The molecule has 0 unspecified atom stereocenters. The van der Waals surface area contributed by atoms with Gasteiger partial charge in [-0.1, -0.05) is 117 Å². The van der Waals surface area contributed by atoms with Gasteiger partial charge in [-0.3, -0.25) is 4.48 Å². The van der Waals surface area contributed by atoms with E-state index in [4.69, 9.17) is 14.2 Å². The molecule has 0 aromatic heterocycles. The summed E-state index contributed by atoms with van der Waals surface area (Å²) in [7, 11) is -3.66. The Bertz CT molecular complexity index is 1010. The Kier molecular flexibility index (Phi) is 30.5. The van der Waals surface area contributed by atoms with Crippen molar-refractivity contribution in [2.24, 2.45) is 0 Å². The molecule has 0 atom stereocenters. The zero-order valence-corrected chi connectivity index (χ0v) is 37.8. The van der Waals surface area contributed by atoms with Crippen LogP contribution in [0.4, 0.5) is 30.9 Å². The minimum absolute atomic E-state index is 0.893. The topological polar surface area (TPSA) is 27.7 Å². The van der Waals surface area contributed by atoms with Crippen LogP contribution >= 0.6 is 7.81 Å². The van der Waals surface area contributed by atoms with Gasteiger partial charge >= 0.3 is 33.0 Å². The second kappa shape index (κ2) is 31.0. The number of rotatable bonds is 37. The molecule has 1 aromatic rings. The number of halogens is 6. The fourth-order valence-electron chi connectivity index (χ4n) is 6.74. The molecule has 0 aliphatic heterocycles. The third-order valence-corrected chi connectivity index (χ3v) is 10.1. The number of aryl methyl sites for hydroxylation is 2. The van der Waals surface area contributed by atoms with Crippen molar-refractivity contribution in [2.45, 2.75) is 194 Å². The summed E-state index contributed by atoms with van der Waals surface area (Å²) in [4.78, 5) is 0. The van der Waals surface area contributed by atoms with Crippen LogP contribution in [0, 0.1) is 0 Å². The van der Waals surface area contributed by atoms with E-state index in [0.717, 1.165) is 44.1 Å². The van der Waals surface area contributed by atoms with E-state index in [0.29, 0.717) is 0 Å². The number of unbranched alkanes of at least 4 members (excludes halogenated alkanes) is 18. The van der Waals surface area contributed by atoms with Crippen molar-refractivity contribution < 1.29 is 39.4 Å². The SMILES string of the molecule is CCCCCCOCCCCCCc1cc([N+](C)(C)C)cc(CCCCCCOCCCCCC)c1CCCCCCOCCCCCC.F[P-](F)(F)(F)(F)F. The molecule has 0 amide bonds. The van der Waals surface area contributed by atoms with Gasteiger partial charge in [0.2, 0.25) is 0 Å². The molecule has 0 N–H and O–H groups in total. The molecule has 1 rings (SSSR count). The summed E-state index contributed by atoms with van der Waals surface area (Å²) in [6, 6.07) is 5.14.